The second-order valence-corrected chi connectivity index (χ2v) is 11.4. The zero-order valence-corrected chi connectivity index (χ0v) is 24.8. The number of aliphatic hydroxyl groups excluding tert-OH is 3. The summed E-state index contributed by atoms with van der Waals surface area (Å²) in [6, 6.07) is 10.1. The third-order valence-electron chi connectivity index (χ3n) is 7.86. The van der Waals surface area contributed by atoms with E-state index in [1.165, 1.54) is 25.1 Å². The Balaban J connectivity index is 1.16. The van der Waals surface area contributed by atoms with Gasteiger partial charge >= 0.3 is 0 Å². The first kappa shape index (κ1) is 32.2. The van der Waals surface area contributed by atoms with Crippen molar-refractivity contribution < 1.29 is 53.3 Å². The maximum Gasteiger partial charge on any atom is 0.247 e. The molecule has 44 heavy (non-hydrogen) atoms. The van der Waals surface area contributed by atoms with E-state index in [0.29, 0.717) is 16.3 Å². The summed E-state index contributed by atoms with van der Waals surface area (Å²) in [7, 11) is 0. The Kier molecular flexibility index (Phi) is 10.1. The van der Waals surface area contributed by atoms with E-state index >= 15 is 0 Å². The fourth-order valence-electron chi connectivity index (χ4n) is 5.36. The van der Waals surface area contributed by atoms with Crippen LogP contribution >= 0.6 is 11.6 Å². The molecule has 3 aliphatic rings. The third-order valence-corrected chi connectivity index (χ3v) is 8.10. The summed E-state index contributed by atoms with van der Waals surface area (Å²) >= 11 is 5.97. The molecular weight excluding hydrogens is 601 g/mol. The second kappa shape index (κ2) is 13.8. The number of nitrogens with one attached hydrogen (secondary N) is 1. The first-order valence-electron chi connectivity index (χ1n) is 14.1. The largest absolute Gasteiger partial charge is 0.504 e. The molecule has 2 aliphatic heterocycles. The number of phenolic OH excluding ortho intramolecular Hbond substituents is 1. The van der Waals surface area contributed by atoms with Gasteiger partial charge in [-0.25, -0.2) is 4.39 Å². The molecule has 3 fully saturated rings. The van der Waals surface area contributed by atoms with Gasteiger partial charge in [0.05, 0.1) is 12.1 Å². The molecule has 0 radical (unpaired) electrons. The molecule has 1 aliphatic carbocycles. The van der Waals surface area contributed by atoms with Crippen molar-refractivity contribution in [3.8, 4) is 17.2 Å². The van der Waals surface area contributed by atoms with Crippen molar-refractivity contribution in [2.75, 3.05) is 13.4 Å². The molecule has 5 N–H and O–H groups in total. The predicted octanol–water partition coefficient (Wildman–Crippen LogP) is 2.63. The van der Waals surface area contributed by atoms with E-state index < -0.39 is 61.0 Å². The van der Waals surface area contributed by atoms with Crippen LogP contribution in [0, 0.1) is 0 Å². The van der Waals surface area contributed by atoms with Crippen LogP contribution in [0.1, 0.15) is 25.8 Å². The summed E-state index contributed by atoms with van der Waals surface area (Å²) in [4.78, 5) is 12.8. The number of hydrogen-bond acceptors (Lipinski definition) is 10. The Labute approximate surface area is 258 Å². The zero-order chi connectivity index (χ0) is 31.5. The Morgan fingerprint density at radius 1 is 1.09 bits per heavy atom. The number of rotatable bonds is 9. The molecule has 2 heterocycles. The molecule has 11 nitrogen and oxygen atoms in total. The van der Waals surface area contributed by atoms with E-state index in [-0.39, 0.29) is 36.9 Å². The maximum absolute atomic E-state index is 14.8. The normalized spacial score (nSPS) is 32.3. The quantitative estimate of drug-likeness (QED) is 0.205. The Hall–Kier alpha value is -3.23. The highest BCUT2D eigenvalue weighted by atomic mass is 35.5. The van der Waals surface area contributed by atoms with Gasteiger partial charge in [-0.15, -0.1) is 0 Å². The predicted molar refractivity (Wildman–Crippen MR) is 156 cm³/mol. The molecule has 0 unspecified atom stereocenters. The van der Waals surface area contributed by atoms with Gasteiger partial charge in [-0.05, 0) is 67.5 Å². The van der Waals surface area contributed by atoms with Crippen molar-refractivity contribution in [3.63, 3.8) is 0 Å². The van der Waals surface area contributed by atoms with E-state index in [0.717, 1.165) is 5.57 Å². The molecule has 0 spiro atoms. The fraction of sp³-hybridized carbons (Fsp3) is 0.452. The van der Waals surface area contributed by atoms with Crippen molar-refractivity contribution in [2.24, 2.45) is 0 Å². The van der Waals surface area contributed by atoms with Gasteiger partial charge < -0.3 is 49.4 Å². The molecule has 238 valence electrons. The second-order valence-electron chi connectivity index (χ2n) is 11.0. The highest BCUT2D eigenvalue weighted by Crippen LogP contribution is 2.35. The lowest BCUT2D eigenvalue weighted by Crippen LogP contribution is -2.67. The number of aliphatic hydroxyl groups is 3. The van der Waals surface area contributed by atoms with E-state index in [1.54, 1.807) is 36.4 Å². The number of carbonyl (C=O) groups is 1. The van der Waals surface area contributed by atoms with Crippen molar-refractivity contribution >= 4 is 23.6 Å². The first-order valence-corrected chi connectivity index (χ1v) is 14.5. The molecule has 0 aromatic heterocycles. The molecule has 2 saturated heterocycles. The van der Waals surface area contributed by atoms with Gasteiger partial charge in [0, 0.05) is 17.0 Å². The van der Waals surface area contributed by atoms with Gasteiger partial charge in [0.15, 0.2) is 17.7 Å². The van der Waals surface area contributed by atoms with Gasteiger partial charge in [0.1, 0.15) is 49.7 Å². The van der Waals surface area contributed by atoms with E-state index in [9.17, 15) is 29.6 Å². The summed E-state index contributed by atoms with van der Waals surface area (Å²) in [5.41, 5.74) is 1.39. The molecule has 5 rings (SSSR count). The van der Waals surface area contributed by atoms with Gasteiger partial charge in [0.2, 0.25) is 12.2 Å². The Morgan fingerprint density at radius 3 is 2.57 bits per heavy atom. The van der Waals surface area contributed by atoms with E-state index in [1.807, 2.05) is 6.92 Å². The zero-order valence-electron chi connectivity index (χ0n) is 24.0. The molecule has 2 aromatic rings. The standard InChI is InChI=1S/C31H35ClFNO10/c1-15(8-9-40-19-5-3-4-18(32)12-19)23-13-20(33)31(44-23)43-22-7-6-17(11-21(22)35)10-16(2)30(39)34-24-25(36)27(38)29-28(26(24)37)41-14-42-29/h3-8,10-12,20,23-29,31,35-38H,9,13-14H2,1-2H3,(H,34,39)/b15-8+,16-10+/t20-,23+,24-,25+,26-,27-,28+,29-,31-/m1/s1. The smallest absolute Gasteiger partial charge is 0.247 e. The van der Waals surface area contributed by atoms with E-state index in [2.05, 4.69) is 5.32 Å². The summed E-state index contributed by atoms with van der Waals surface area (Å²) in [6.45, 7) is 3.42. The highest BCUT2D eigenvalue weighted by molar-refractivity contribution is 6.30. The average Bonchev–Trinajstić information content (AvgIpc) is 3.63. The van der Waals surface area contributed by atoms with Crippen molar-refractivity contribution in [1.82, 2.24) is 5.32 Å². The van der Waals surface area contributed by atoms with Crippen molar-refractivity contribution in [1.29, 1.82) is 0 Å². The van der Waals surface area contributed by atoms with Crippen molar-refractivity contribution in [2.45, 2.75) is 75.4 Å². The molecule has 1 amide bonds. The number of amides is 1. The van der Waals surface area contributed by atoms with Gasteiger partial charge in [-0.1, -0.05) is 23.7 Å². The molecule has 13 heteroatoms. The van der Waals surface area contributed by atoms with Crippen LogP contribution < -0.4 is 14.8 Å². The number of phenols is 1. The van der Waals surface area contributed by atoms with Crippen LogP contribution in [0.4, 0.5) is 4.39 Å². The van der Waals surface area contributed by atoms with Crippen LogP contribution in [0.2, 0.25) is 5.02 Å². The maximum atomic E-state index is 14.8. The molecular formula is C31H35ClFNO10. The third kappa shape index (κ3) is 7.18. The van der Waals surface area contributed by atoms with Crippen LogP contribution in [0.3, 0.4) is 0 Å². The van der Waals surface area contributed by atoms with Gasteiger partial charge in [0.25, 0.3) is 0 Å². The average molecular weight is 636 g/mol. The summed E-state index contributed by atoms with van der Waals surface area (Å²) in [5.74, 6) is -0.305. The number of ether oxygens (including phenoxy) is 5. The Bertz CT molecular complexity index is 1410. The minimum atomic E-state index is -1.48. The lowest BCUT2D eigenvalue weighted by Gasteiger charge is -2.41. The van der Waals surface area contributed by atoms with Crippen molar-refractivity contribution in [3.05, 3.63) is 70.3 Å². The molecule has 9 atom stereocenters. The molecule has 1 saturated carbocycles. The summed E-state index contributed by atoms with van der Waals surface area (Å²) < 4.78 is 42.4. The number of benzene rings is 2. The number of alkyl halides is 1. The minimum absolute atomic E-state index is 0.000693. The Morgan fingerprint density at radius 2 is 1.84 bits per heavy atom. The lowest BCUT2D eigenvalue weighted by molar-refractivity contribution is -0.155. The SMILES string of the molecule is C/C(=C\c1ccc(O[C@@H]2O[C@H](/C(C)=C/COc3cccc(Cl)c3)C[C@H]2F)c(O)c1)C(=O)N[C@@H]1[C@H](O)[C@@H](O)[C@H]2OCO[C@H]2[C@@H]1O. The summed E-state index contributed by atoms with van der Waals surface area (Å²) in [5, 5.41) is 45.0. The topological polar surface area (TPSA) is 156 Å². The number of fused-ring (bicyclic) bond motifs is 1. The lowest BCUT2D eigenvalue weighted by atomic mass is 9.83. The van der Waals surface area contributed by atoms with Gasteiger partial charge in [-0.2, -0.15) is 0 Å². The number of aromatic hydroxyl groups is 1. The first-order chi connectivity index (χ1) is 21.0. The molecule has 2 aromatic carbocycles. The van der Waals surface area contributed by atoms with Crippen LogP contribution in [0.25, 0.3) is 6.08 Å². The molecule has 0 bridgehead atoms. The number of halogens is 2. The van der Waals surface area contributed by atoms with E-state index in [4.69, 9.17) is 35.3 Å². The van der Waals surface area contributed by atoms with Crippen LogP contribution in [0.15, 0.2) is 59.7 Å². The van der Waals surface area contributed by atoms with Crippen LogP contribution in [-0.2, 0) is 19.0 Å². The monoisotopic (exact) mass is 635 g/mol. The van der Waals surface area contributed by atoms with Crippen LogP contribution in [-0.4, -0.2) is 94.9 Å². The van der Waals surface area contributed by atoms with Gasteiger partial charge in [-0.3, -0.25) is 4.79 Å². The number of hydrogen-bond donors (Lipinski definition) is 5. The van der Waals surface area contributed by atoms with Crippen LogP contribution in [0.5, 0.6) is 17.2 Å². The minimum Gasteiger partial charge on any atom is -0.504 e. The fourth-order valence-corrected chi connectivity index (χ4v) is 5.54. The number of carbonyl (C=O) groups excluding carboxylic acids is 1. The summed E-state index contributed by atoms with van der Waals surface area (Å²) in [6.07, 6.45) is -5.84. The highest BCUT2D eigenvalue weighted by Gasteiger charge is 2.53.